The molecule has 0 aromatic rings. The fourth-order valence-electron chi connectivity index (χ4n) is 3.94. The Morgan fingerprint density at radius 3 is 2.05 bits per heavy atom. The second kappa shape index (κ2) is 4.45. The average molecular weight is 281 g/mol. The van der Waals surface area contributed by atoms with Gasteiger partial charge in [-0.2, -0.15) is 0 Å². The van der Waals surface area contributed by atoms with Gasteiger partial charge < -0.3 is 5.32 Å². The Morgan fingerprint density at radius 2 is 1.60 bits per heavy atom. The maximum absolute atomic E-state index is 12.8. The molecule has 2 saturated heterocycles. The van der Waals surface area contributed by atoms with E-state index in [0.717, 1.165) is 6.42 Å². The summed E-state index contributed by atoms with van der Waals surface area (Å²) < 4.78 is 0. The monoisotopic (exact) mass is 281 g/mol. The molecular weight excluding hydrogens is 254 g/mol. The number of imide groups is 1. The summed E-state index contributed by atoms with van der Waals surface area (Å²) in [5, 5.41) is 3.00. The molecule has 0 unspecified atom stereocenters. The number of carbonyl (C=O) groups is 2. The van der Waals surface area contributed by atoms with Gasteiger partial charge in [-0.1, -0.05) is 6.92 Å². The van der Waals surface area contributed by atoms with Crippen LogP contribution in [0, 0.1) is 0 Å². The van der Waals surface area contributed by atoms with Gasteiger partial charge >= 0.3 is 6.03 Å². The van der Waals surface area contributed by atoms with Crippen molar-refractivity contribution in [1.29, 1.82) is 0 Å². The molecule has 2 rings (SSSR count). The minimum atomic E-state index is -0.730. The van der Waals surface area contributed by atoms with Gasteiger partial charge in [-0.25, -0.2) is 4.79 Å². The highest BCUT2D eigenvalue weighted by Gasteiger charge is 2.60. The number of urea groups is 1. The first-order chi connectivity index (χ1) is 9.06. The molecule has 114 valence electrons. The molecule has 0 aliphatic carbocycles. The Morgan fingerprint density at radius 1 is 1.10 bits per heavy atom. The van der Waals surface area contributed by atoms with Gasteiger partial charge in [-0.05, 0) is 54.0 Å². The zero-order chi connectivity index (χ0) is 15.3. The Labute approximate surface area is 121 Å². The molecule has 2 fully saturated rings. The zero-order valence-corrected chi connectivity index (χ0v) is 13.5. The van der Waals surface area contributed by atoms with Gasteiger partial charge in [0.2, 0.25) is 0 Å². The number of rotatable bonds is 2. The predicted octanol–water partition coefficient (Wildman–Crippen LogP) is 1.97. The molecule has 0 bridgehead atoms. The van der Waals surface area contributed by atoms with E-state index in [4.69, 9.17) is 0 Å². The van der Waals surface area contributed by atoms with Crippen molar-refractivity contribution < 1.29 is 9.59 Å². The van der Waals surface area contributed by atoms with Crippen LogP contribution in [-0.2, 0) is 4.79 Å². The zero-order valence-electron chi connectivity index (χ0n) is 13.5. The number of hydrogen-bond acceptors (Lipinski definition) is 3. The average Bonchev–Trinajstić information content (AvgIpc) is 2.50. The first-order valence-electron chi connectivity index (χ1n) is 7.44. The van der Waals surface area contributed by atoms with Gasteiger partial charge in [0.15, 0.2) is 0 Å². The van der Waals surface area contributed by atoms with Crippen LogP contribution in [0.1, 0.15) is 53.9 Å². The number of nitrogens with zero attached hydrogens (tertiary/aromatic N) is 2. The molecule has 1 N–H and O–H groups in total. The normalized spacial score (nSPS) is 28.0. The second-order valence-electron chi connectivity index (χ2n) is 7.51. The summed E-state index contributed by atoms with van der Waals surface area (Å²) >= 11 is 0. The highest BCUT2D eigenvalue weighted by molar-refractivity contribution is 6.07. The number of nitrogens with one attached hydrogen (secondary N) is 1. The number of hydrogen-bond donors (Lipinski definition) is 1. The van der Waals surface area contributed by atoms with Crippen molar-refractivity contribution in [2.24, 2.45) is 0 Å². The number of piperidine rings is 1. The Bertz CT molecular complexity index is 424. The fraction of sp³-hybridized carbons (Fsp3) is 0.867. The standard InChI is InChI=1S/C15H27N3O2/c1-7-8-18-11(19)15(16-12(18)20)9-13(2,3)17(6)14(4,5)10-15/h7-10H2,1-6H3,(H,16,20). The van der Waals surface area contributed by atoms with Crippen molar-refractivity contribution in [1.82, 2.24) is 15.1 Å². The predicted molar refractivity (Wildman–Crippen MR) is 78.4 cm³/mol. The van der Waals surface area contributed by atoms with E-state index in [2.05, 4.69) is 45.0 Å². The van der Waals surface area contributed by atoms with Crippen molar-refractivity contribution in [2.75, 3.05) is 13.6 Å². The third-order valence-electron chi connectivity index (χ3n) is 4.98. The van der Waals surface area contributed by atoms with Gasteiger partial charge in [-0.3, -0.25) is 14.6 Å². The molecule has 0 saturated carbocycles. The van der Waals surface area contributed by atoms with E-state index in [0.29, 0.717) is 19.4 Å². The molecule has 0 radical (unpaired) electrons. The summed E-state index contributed by atoms with van der Waals surface area (Å²) in [5.74, 6) is -0.0430. The Hall–Kier alpha value is -1.10. The Kier molecular flexibility index (Phi) is 3.40. The topological polar surface area (TPSA) is 52.7 Å². The molecule has 3 amide bonds. The van der Waals surface area contributed by atoms with Crippen molar-refractivity contribution in [2.45, 2.75) is 70.5 Å². The van der Waals surface area contributed by atoms with E-state index in [1.165, 1.54) is 4.90 Å². The van der Waals surface area contributed by atoms with Crippen molar-refractivity contribution in [3.8, 4) is 0 Å². The van der Waals surface area contributed by atoms with E-state index >= 15 is 0 Å². The quantitative estimate of drug-likeness (QED) is 0.787. The molecule has 2 aliphatic heterocycles. The van der Waals surface area contributed by atoms with Crippen molar-refractivity contribution in [3.63, 3.8) is 0 Å². The van der Waals surface area contributed by atoms with Crippen LogP contribution in [0.3, 0.4) is 0 Å². The minimum absolute atomic E-state index is 0.0430. The molecule has 2 aliphatic rings. The number of carbonyl (C=O) groups excluding carboxylic acids is 2. The lowest BCUT2D eigenvalue weighted by Gasteiger charge is -2.56. The fourth-order valence-corrected chi connectivity index (χ4v) is 3.94. The van der Waals surface area contributed by atoms with E-state index in [-0.39, 0.29) is 23.0 Å². The lowest BCUT2D eigenvalue weighted by molar-refractivity contribution is -0.139. The summed E-state index contributed by atoms with van der Waals surface area (Å²) in [7, 11) is 2.10. The maximum atomic E-state index is 12.8. The molecule has 20 heavy (non-hydrogen) atoms. The van der Waals surface area contributed by atoms with Gasteiger partial charge in [0, 0.05) is 17.6 Å². The SMILES string of the molecule is CCCN1C(=O)NC2(CC(C)(C)N(C)C(C)(C)C2)C1=O. The van der Waals surface area contributed by atoms with Crippen LogP contribution in [0.2, 0.25) is 0 Å². The smallest absolute Gasteiger partial charge is 0.323 e. The van der Waals surface area contributed by atoms with Crippen LogP contribution in [0.15, 0.2) is 0 Å². The van der Waals surface area contributed by atoms with E-state index in [9.17, 15) is 9.59 Å². The third kappa shape index (κ3) is 2.12. The van der Waals surface area contributed by atoms with Gasteiger partial charge in [0.05, 0.1) is 0 Å². The molecule has 0 aromatic carbocycles. The van der Waals surface area contributed by atoms with Gasteiger partial charge in [0.1, 0.15) is 5.54 Å². The van der Waals surface area contributed by atoms with Crippen LogP contribution < -0.4 is 5.32 Å². The number of amides is 3. The van der Waals surface area contributed by atoms with E-state index in [1.807, 2.05) is 6.92 Å². The molecule has 1 spiro atoms. The highest BCUT2D eigenvalue weighted by Crippen LogP contribution is 2.44. The third-order valence-corrected chi connectivity index (χ3v) is 4.98. The summed E-state index contributed by atoms with van der Waals surface area (Å²) in [6.07, 6.45) is 2.11. The molecule has 5 nitrogen and oxygen atoms in total. The van der Waals surface area contributed by atoms with E-state index < -0.39 is 5.54 Å². The largest absolute Gasteiger partial charge is 0.325 e. The first kappa shape index (κ1) is 15.3. The van der Waals surface area contributed by atoms with Crippen LogP contribution in [0.5, 0.6) is 0 Å². The molecule has 2 heterocycles. The first-order valence-corrected chi connectivity index (χ1v) is 7.44. The molecule has 5 heteroatoms. The van der Waals surface area contributed by atoms with Gasteiger partial charge in [0.25, 0.3) is 5.91 Å². The van der Waals surface area contributed by atoms with Gasteiger partial charge in [-0.15, -0.1) is 0 Å². The molecule has 0 atom stereocenters. The lowest BCUT2D eigenvalue weighted by atomic mass is 9.69. The van der Waals surface area contributed by atoms with E-state index in [1.54, 1.807) is 0 Å². The summed E-state index contributed by atoms with van der Waals surface area (Å²) in [6.45, 7) is 11.0. The maximum Gasteiger partial charge on any atom is 0.325 e. The minimum Gasteiger partial charge on any atom is -0.323 e. The van der Waals surface area contributed by atoms with Crippen LogP contribution >= 0.6 is 0 Å². The summed E-state index contributed by atoms with van der Waals surface area (Å²) in [5.41, 5.74) is -0.994. The van der Waals surface area contributed by atoms with Crippen LogP contribution in [0.4, 0.5) is 4.79 Å². The highest BCUT2D eigenvalue weighted by atomic mass is 16.2. The van der Waals surface area contributed by atoms with Crippen molar-refractivity contribution in [3.05, 3.63) is 0 Å². The second-order valence-corrected chi connectivity index (χ2v) is 7.51. The Balaban J connectivity index is 2.37. The lowest BCUT2D eigenvalue weighted by Crippen LogP contribution is -2.68. The van der Waals surface area contributed by atoms with Crippen molar-refractivity contribution >= 4 is 11.9 Å². The summed E-state index contributed by atoms with van der Waals surface area (Å²) in [6, 6.07) is -0.229. The number of likely N-dealkylation sites (tertiary alicyclic amines) is 1. The van der Waals surface area contributed by atoms with Crippen LogP contribution in [-0.4, -0.2) is 51.9 Å². The molecular formula is C15H27N3O2. The molecule has 0 aromatic heterocycles. The van der Waals surface area contributed by atoms with Crippen LogP contribution in [0.25, 0.3) is 0 Å². The summed E-state index contributed by atoms with van der Waals surface area (Å²) in [4.78, 5) is 28.6.